The molecule has 0 aromatic heterocycles. The molecule has 0 saturated heterocycles. The number of carbonyl (C=O) groups excluding carboxylic acids is 1. The summed E-state index contributed by atoms with van der Waals surface area (Å²) in [7, 11) is 0. The van der Waals surface area contributed by atoms with E-state index in [1.54, 1.807) is 0 Å². The lowest BCUT2D eigenvalue weighted by molar-refractivity contribution is -0.119. The Morgan fingerprint density at radius 2 is 1.91 bits per heavy atom. The van der Waals surface area contributed by atoms with Crippen LogP contribution in [0.4, 0.5) is 0 Å². The molecule has 0 aliphatic carbocycles. The number of nitrogens with one attached hydrogen (secondary N) is 1. The number of rotatable bonds is 5. The van der Waals surface area contributed by atoms with Crippen molar-refractivity contribution in [3.05, 3.63) is 64.2 Å². The second-order valence-electron chi connectivity index (χ2n) is 5.35. The van der Waals surface area contributed by atoms with Crippen molar-refractivity contribution >= 4 is 29.3 Å². The number of thioether (sulfide) groups is 1. The number of benzene rings is 2. The lowest BCUT2D eigenvalue weighted by atomic mass is 10.0. The van der Waals surface area contributed by atoms with Crippen LogP contribution in [-0.4, -0.2) is 11.7 Å². The van der Waals surface area contributed by atoms with Crippen molar-refractivity contribution in [2.75, 3.05) is 5.75 Å². The monoisotopic (exact) mass is 333 g/mol. The number of carbonyl (C=O) groups is 1. The minimum Gasteiger partial charge on any atom is -0.349 e. The van der Waals surface area contributed by atoms with Crippen LogP contribution in [-0.2, 0) is 4.79 Å². The average molecular weight is 334 g/mol. The second kappa shape index (κ2) is 7.70. The lowest BCUT2D eigenvalue weighted by Gasteiger charge is -2.15. The fourth-order valence-electron chi connectivity index (χ4n) is 2.11. The molecule has 22 heavy (non-hydrogen) atoms. The Balaban J connectivity index is 1.91. The quantitative estimate of drug-likeness (QED) is 0.786. The van der Waals surface area contributed by atoms with E-state index in [-0.39, 0.29) is 11.9 Å². The molecule has 2 nitrogen and oxygen atoms in total. The molecule has 0 radical (unpaired) electrons. The van der Waals surface area contributed by atoms with Crippen molar-refractivity contribution in [2.45, 2.75) is 31.7 Å². The zero-order valence-corrected chi connectivity index (χ0v) is 14.6. The zero-order chi connectivity index (χ0) is 16.1. The third-order valence-corrected chi connectivity index (χ3v) is 5.12. The standard InChI is InChI=1S/C18H20ClNOS/c1-12-8-9-15(10-13(12)2)14(3)20-18(21)11-22-17-7-5-4-6-16(17)19/h4-10,14H,11H2,1-3H3,(H,20,21)/t14-/m0/s1. The van der Waals surface area contributed by atoms with E-state index in [2.05, 4.69) is 37.4 Å². The van der Waals surface area contributed by atoms with Gasteiger partial charge in [0.1, 0.15) is 0 Å². The fourth-order valence-corrected chi connectivity index (χ4v) is 3.16. The Morgan fingerprint density at radius 1 is 1.18 bits per heavy atom. The van der Waals surface area contributed by atoms with Gasteiger partial charge in [-0.25, -0.2) is 0 Å². The molecule has 0 heterocycles. The fraction of sp³-hybridized carbons (Fsp3) is 0.278. The van der Waals surface area contributed by atoms with Crippen LogP contribution in [0.3, 0.4) is 0 Å². The third kappa shape index (κ3) is 4.52. The van der Waals surface area contributed by atoms with E-state index in [9.17, 15) is 4.79 Å². The molecule has 0 aliphatic rings. The molecular formula is C18H20ClNOS. The van der Waals surface area contributed by atoms with Crippen LogP contribution in [0.5, 0.6) is 0 Å². The molecule has 4 heteroatoms. The van der Waals surface area contributed by atoms with Gasteiger partial charge in [0.05, 0.1) is 16.8 Å². The van der Waals surface area contributed by atoms with Crippen LogP contribution >= 0.6 is 23.4 Å². The SMILES string of the molecule is Cc1ccc([C@H](C)NC(=O)CSc2ccccc2Cl)cc1C. The number of aryl methyl sites for hydroxylation is 2. The van der Waals surface area contributed by atoms with E-state index < -0.39 is 0 Å². The van der Waals surface area contributed by atoms with Crippen LogP contribution in [0.2, 0.25) is 5.02 Å². The van der Waals surface area contributed by atoms with Crippen LogP contribution in [0.15, 0.2) is 47.4 Å². The van der Waals surface area contributed by atoms with Gasteiger partial charge in [0.15, 0.2) is 0 Å². The summed E-state index contributed by atoms with van der Waals surface area (Å²) >= 11 is 7.54. The van der Waals surface area contributed by atoms with Gasteiger partial charge in [-0.15, -0.1) is 11.8 Å². The molecule has 2 aromatic rings. The van der Waals surface area contributed by atoms with E-state index in [0.29, 0.717) is 10.8 Å². The normalized spacial score (nSPS) is 12.0. The van der Waals surface area contributed by atoms with Crippen LogP contribution in [0, 0.1) is 13.8 Å². The van der Waals surface area contributed by atoms with E-state index in [4.69, 9.17) is 11.6 Å². The maximum Gasteiger partial charge on any atom is 0.230 e. The predicted molar refractivity (Wildman–Crippen MR) is 94.6 cm³/mol. The lowest BCUT2D eigenvalue weighted by Crippen LogP contribution is -2.28. The van der Waals surface area contributed by atoms with Crippen molar-refractivity contribution in [3.8, 4) is 0 Å². The number of hydrogen-bond acceptors (Lipinski definition) is 2. The van der Waals surface area contributed by atoms with Gasteiger partial charge >= 0.3 is 0 Å². The molecule has 0 aliphatic heterocycles. The molecule has 0 saturated carbocycles. The van der Waals surface area contributed by atoms with Crippen molar-refractivity contribution in [1.82, 2.24) is 5.32 Å². The highest BCUT2D eigenvalue weighted by atomic mass is 35.5. The smallest absolute Gasteiger partial charge is 0.230 e. The van der Waals surface area contributed by atoms with E-state index >= 15 is 0 Å². The van der Waals surface area contributed by atoms with Gasteiger partial charge in [0.25, 0.3) is 0 Å². The minimum absolute atomic E-state index is 0.00125. The maximum atomic E-state index is 12.1. The summed E-state index contributed by atoms with van der Waals surface area (Å²) in [5.74, 6) is 0.370. The Hall–Kier alpha value is -1.45. The van der Waals surface area contributed by atoms with Crippen molar-refractivity contribution in [2.24, 2.45) is 0 Å². The Labute approximate surface area is 141 Å². The average Bonchev–Trinajstić information content (AvgIpc) is 2.49. The van der Waals surface area contributed by atoms with Crippen molar-refractivity contribution < 1.29 is 4.79 Å². The van der Waals surface area contributed by atoms with Gasteiger partial charge < -0.3 is 5.32 Å². The van der Waals surface area contributed by atoms with Gasteiger partial charge in [-0.1, -0.05) is 41.9 Å². The summed E-state index contributed by atoms with van der Waals surface area (Å²) in [6.45, 7) is 6.17. The highest BCUT2D eigenvalue weighted by molar-refractivity contribution is 8.00. The Morgan fingerprint density at radius 3 is 2.59 bits per heavy atom. The first-order chi connectivity index (χ1) is 10.5. The molecule has 0 spiro atoms. The summed E-state index contributed by atoms with van der Waals surface area (Å²) in [5.41, 5.74) is 3.62. The first-order valence-corrected chi connectivity index (χ1v) is 8.57. The molecule has 0 bridgehead atoms. The van der Waals surface area contributed by atoms with Crippen LogP contribution in [0.25, 0.3) is 0 Å². The molecule has 0 unspecified atom stereocenters. The molecule has 2 rings (SSSR count). The zero-order valence-electron chi connectivity index (χ0n) is 13.0. The van der Waals surface area contributed by atoms with Gasteiger partial charge in [0, 0.05) is 4.90 Å². The summed E-state index contributed by atoms with van der Waals surface area (Å²) < 4.78 is 0. The largest absolute Gasteiger partial charge is 0.349 e. The number of amides is 1. The van der Waals surface area contributed by atoms with Gasteiger partial charge in [-0.05, 0) is 49.6 Å². The molecule has 1 N–H and O–H groups in total. The first-order valence-electron chi connectivity index (χ1n) is 7.21. The van der Waals surface area contributed by atoms with Gasteiger partial charge in [0.2, 0.25) is 5.91 Å². The van der Waals surface area contributed by atoms with Crippen LogP contribution < -0.4 is 5.32 Å². The summed E-state index contributed by atoms with van der Waals surface area (Å²) in [6.07, 6.45) is 0. The highest BCUT2D eigenvalue weighted by Gasteiger charge is 2.11. The minimum atomic E-state index is -0.00125. The number of halogens is 1. The van der Waals surface area contributed by atoms with E-state index in [1.165, 1.54) is 22.9 Å². The summed E-state index contributed by atoms with van der Waals surface area (Å²) in [6, 6.07) is 13.8. The maximum absolute atomic E-state index is 12.1. The second-order valence-corrected chi connectivity index (χ2v) is 6.78. The van der Waals surface area contributed by atoms with E-state index in [0.717, 1.165) is 10.5 Å². The number of hydrogen-bond donors (Lipinski definition) is 1. The summed E-state index contributed by atoms with van der Waals surface area (Å²) in [4.78, 5) is 13.0. The Kier molecular flexibility index (Phi) is 5.92. The molecular weight excluding hydrogens is 314 g/mol. The molecule has 1 atom stereocenters. The topological polar surface area (TPSA) is 29.1 Å². The molecule has 116 valence electrons. The van der Waals surface area contributed by atoms with Crippen molar-refractivity contribution in [1.29, 1.82) is 0 Å². The molecule has 0 fully saturated rings. The highest BCUT2D eigenvalue weighted by Crippen LogP contribution is 2.26. The van der Waals surface area contributed by atoms with E-state index in [1.807, 2.05) is 31.2 Å². The van der Waals surface area contributed by atoms with Crippen molar-refractivity contribution in [3.63, 3.8) is 0 Å². The first kappa shape index (κ1) is 16.9. The molecule has 2 aromatic carbocycles. The molecule has 1 amide bonds. The Bertz CT molecular complexity index is 672. The van der Waals surface area contributed by atoms with Gasteiger partial charge in [-0.3, -0.25) is 4.79 Å². The van der Waals surface area contributed by atoms with Crippen LogP contribution in [0.1, 0.15) is 29.7 Å². The predicted octanol–water partition coefficient (Wildman–Crippen LogP) is 4.93. The third-order valence-electron chi connectivity index (χ3n) is 3.60. The summed E-state index contributed by atoms with van der Waals surface area (Å²) in [5, 5.41) is 3.71. The van der Waals surface area contributed by atoms with Gasteiger partial charge in [-0.2, -0.15) is 0 Å².